The van der Waals surface area contributed by atoms with E-state index in [-0.39, 0.29) is 18.4 Å². The van der Waals surface area contributed by atoms with Crippen molar-refractivity contribution in [1.29, 1.82) is 0 Å². The average molecular weight is 201 g/mol. The minimum absolute atomic E-state index is 0. The van der Waals surface area contributed by atoms with Gasteiger partial charge in [-0.2, -0.15) is 0 Å². The van der Waals surface area contributed by atoms with Gasteiger partial charge in [0.2, 0.25) is 0 Å². The van der Waals surface area contributed by atoms with Crippen LogP contribution in [0.2, 0.25) is 0 Å². The molecule has 0 fully saturated rings. The maximum Gasteiger partial charge on any atom is 0.0421 e. The summed E-state index contributed by atoms with van der Waals surface area (Å²) in [5, 5.41) is 0. The average Bonchev–Trinajstić information content (AvgIpc) is 2.04. The molecule has 0 aliphatic carbocycles. The highest BCUT2D eigenvalue weighted by Gasteiger charge is 2.01. The van der Waals surface area contributed by atoms with Crippen LogP contribution < -0.4 is 5.73 Å². The Morgan fingerprint density at radius 1 is 1.54 bits per heavy atom. The van der Waals surface area contributed by atoms with Crippen LogP contribution in [0.4, 0.5) is 0 Å². The van der Waals surface area contributed by atoms with Gasteiger partial charge < -0.3 is 5.73 Å². The summed E-state index contributed by atoms with van der Waals surface area (Å²) in [7, 11) is 0. The van der Waals surface area contributed by atoms with Crippen LogP contribution in [0.3, 0.4) is 0 Å². The highest BCUT2D eigenvalue weighted by Crippen LogP contribution is 2.03. The first-order chi connectivity index (χ1) is 5.72. The van der Waals surface area contributed by atoms with Crippen molar-refractivity contribution in [2.45, 2.75) is 32.7 Å². The number of halogens is 1. The number of aryl methyl sites for hydroxylation is 1. The first-order valence-electron chi connectivity index (χ1n) is 4.39. The summed E-state index contributed by atoms with van der Waals surface area (Å²) in [5.74, 6) is 0. The molecule has 0 bridgehead atoms. The molecule has 13 heavy (non-hydrogen) atoms. The van der Waals surface area contributed by atoms with Gasteiger partial charge in [-0.3, -0.25) is 4.98 Å². The summed E-state index contributed by atoms with van der Waals surface area (Å²) in [6, 6.07) is 4.34. The molecule has 1 heterocycles. The lowest BCUT2D eigenvalue weighted by Gasteiger charge is -2.07. The lowest BCUT2D eigenvalue weighted by Crippen LogP contribution is -2.21. The second-order valence-corrected chi connectivity index (χ2v) is 3.20. The van der Waals surface area contributed by atoms with Crippen LogP contribution in [0.15, 0.2) is 18.3 Å². The molecule has 1 unspecified atom stereocenters. The van der Waals surface area contributed by atoms with E-state index in [1.165, 1.54) is 5.56 Å². The second kappa shape index (κ2) is 5.95. The molecule has 3 heteroatoms. The predicted octanol–water partition coefficient (Wildman–Crippen LogP) is 2.09. The number of rotatable bonds is 3. The number of nitrogens with zero attached hydrogens (tertiary/aromatic N) is 1. The molecule has 0 aromatic carbocycles. The van der Waals surface area contributed by atoms with E-state index in [0.717, 1.165) is 18.5 Å². The van der Waals surface area contributed by atoms with Crippen molar-refractivity contribution in [3.8, 4) is 0 Å². The van der Waals surface area contributed by atoms with Gasteiger partial charge in [-0.15, -0.1) is 12.4 Å². The maximum atomic E-state index is 5.82. The van der Waals surface area contributed by atoms with Crippen LogP contribution in [0, 0.1) is 6.92 Å². The van der Waals surface area contributed by atoms with Gasteiger partial charge in [0.1, 0.15) is 0 Å². The fourth-order valence-corrected chi connectivity index (χ4v) is 1.12. The van der Waals surface area contributed by atoms with Crippen LogP contribution in [0.25, 0.3) is 0 Å². The van der Waals surface area contributed by atoms with Gasteiger partial charge in [0.15, 0.2) is 0 Å². The van der Waals surface area contributed by atoms with Gasteiger partial charge in [-0.1, -0.05) is 6.92 Å². The Labute approximate surface area is 86.0 Å². The first-order valence-corrected chi connectivity index (χ1v) is 4.39. The summed E-state index contributed by atoms with van der Waals surface area (Å²) in [4.78, 5) is 4.25. The number of hydrogen-bond donors (Lipinski definition) is 1. The number of nitrogens with two attached hydrogens (primary N) is 1. The van der Waals surface area contributed by atoms with Crippen molar-refractivity contribution in [1.82, 2.24) is 4.98 Å². The van der Waals surface area contributed by atoms with Crippen LogP contribution in [0.1, 0.15) is 24.6 Å². The van der Waals surface area contributed by atoms with Gasteiger partial charge in [-0.05, 0) is 31.0 Å². The molecule has 1 rings (SSSR count). The predicted molar refractivity (Wildman–Crippen MR) is 58.2 cm³/mol. The molecular weight excluding hydrogens is 184 g/mol. The van der Waals surface area contributed by atoms with Crippen molar-refractivity contribution >= 4 is 12.4 Å². The van der Waals surface area contributed by atoms with Gasteiger partial charge in [-0.25, -0.2) is 0 Å². The van der Waals surface area contributed by atoms with E-state index in [1.807, 2.05) is 12.3 Å². The van der Waals surface area contributed by atoms with E-state index in [1.54, 1.807) is 0 Å². The largest absolute Gasteiger partial charge is 0.327 e. The highest BCUT2D eigenvalue weighted by molar-refractivity contribution is 5.85. The van der Waals surface area contributed by atoms with E-state index < -0.39 is 0 Å². The molecule has 2 nitrogen and oxygen atoms in total. The lowest BCUT2D eigenvalue weighted by molar-refractivity contribution is 0.636. The fourth-order valence-electron chi connectivity index (χ4n) is 1.12. The SMILES string of the molecule is CCC(N)Cc1cc(C)ccn1.Cl. The highest BCUT2D eigenvalue weighted by atomic mass is 35.5. The molecule has 0 aliphatic heterocycles. The van der Waals surface area contributed by atoms with E-state index in [0.29, 0.717) is 0 Å². The minimum atomic E-state index is 0. The van der Waals surface area contributed by atoms with Gasteiger partial charge in [0, 0.05) is 24.4 Å². The molecule has 0 amide bonds. The molecule has 0 radical (unpaired) electrons. The lowest BCUT2D eigenvalue weighted by atomic mass is 10.1. The van der Waals surface area contributed by atoms with Crippen molar-refractivity contribution in [3.63, 3.8) is 0 Å². The standard InChI is InChI=1S/C10H16N2.ClH/c1-3-9(11)7-10-6-8(2)4-5-12-10;/h4-6,9H,3,7,11H2,1-2H3;1H. The molecule has 0 spiro atoms. The van der Waals surface area contributed by atoms with Crippen LogP contribution >= 0.6 is 12.4 Å². The number of pyridine rings is 1. The van der Waals surface area contributed by atoms with Crippen LogP contribution in [-0.4, -0.2) is 11.0 Å². The third-order valence-corrected chi connectivity index (χ3v) is 1.97. The fraction of sp³-hybridized carbons (Fsp3) is 0.500. The Balaban J connectivity index is 0.00000144. The van der Waals surface area contributed by atoms with E-state index in [9.17, 15) is 0 Å². The third kappa shape index (κ3) is 4.25. The summed E-state index contributed by atoms with van der Waals surface area (Å²) >= 11 is 0. The van der Waals surface area contributed by atoms with Crippen molar-refractivity contribution < 1.29 is 0 Å². The third-order valence-electron chi connectivity index (χ3n) is 1.97. The zero-order valence-electron chi connectivity index (χ0n) is 8.16. The molecule has 1 aromatic heterocycles. The van der Waals surface area contributed by atoms with E-state index in [2.05, 4.69) is 24.9 Å². The Hall–Kier alpha value is -0.600. The van der Waals surface area contributed by atoms with Gasteiger partial charge in [0.25, 0.3) is 0 Å². The topological polar surface area (TPSA) is 38.9 Å². The van der Waals surface area contributed by atoms with Crippen molar-refractivity contribution in [2.75, 3.05) is 0 Å². The number of aromatic nitrogens is 1. The second-order valence-electron chi connectivity index (χ2n) is 3.20. The molecule has 74 valence electrons. The zero-order valence-corrected chi connectivity index (χ0v) is 8.97. The molecule has 2 N–H and O–H groups in total. The zero-order chi connectivity index (χ0) is 8.97. The van der Waals surface area contributed by atoms with E-state index >= 15 is 0 Å². The Bertz CT molecular complexity index is 250. The first kappa shape index (κ1) is 12.4. The molecular formula is C10H17ClN2. The van der Waals surface area contributed by atoms with Crippen LogP contribution in [0.5, 0.6) is 0 Å². The maximum absolute atomic E-state index is 5.82. The Morgan fingerprint density at radius 2 is 2.23 bits per heavy atom. The summed E-state index contributed by atoms with van der Waals surface area (Å²) < 4.78 is 0. The van der Waals surface area contributed by atoms with Gasteiger partial charge >= 0.3 is 0 Å². The monoisotopic (exact) mass is 200 g/mol. The smallest absolute Gasteiger partial charge is 0.0421 e. The number of hydrogen-bond acceptors (Lipinski definition) is 2. The van der Waals surface area contributed by atoms with Gasteiger partial charge in [0.05, 0.1) is 0 Å². The van der Waals surface area contributed by atoms with Crippen molar-refractivity contribution in [3.05, 3.63) is 29.6 Å². The Kier molecular flexibility index (Phi) is 5.67. The van der Waals surface area contributed by atoms with E-state index in [4.69, 9.17) is 5.73 Å². The quantitative estimate of drug-likeness (QED) is 0.812. The van der Waals surface area contributed by atoms with Crippen molar-refractivity contribution in [2.24, 2.45) is 5.73 Å². The molecule has 1 atom stereocenters. The van der Waals surface area contributed by atoms with Crippen LogP contribution in [-0.2, 0) is 6.42 Å². The molecule has 1 aromatic rings. The normalized spacial score (nSPS) is 11.9. The summed E-state index contributed by atoms with van der Waals surface area (Å²) in [6.45, 7) is 4.17. The summed E-state index contributed by atoms with van der Waals surface area (Å²) in [6.07, 6.45) is 3.74. The summed E-state index contributed by atoms with van der Waals surface area (Å²) in [5.41, 5.74) is 8.17. The molecule has 0 aliphatic rings. The molecule has 0 saturated heterocycles. The minimum Gasteiger partial charge on any atom is -0.327 e. The Morgan fingerprint density at radius 3 is 2.77 bits per heavy atom. The molecule has 0 saturated carbocycles.